The topological polar surface area (TPSA) is 64.3 Å². The van der Waals surface area contributed by atoms with Crippen molar-refractivity contribution in [3.8, 4) is 0 Å². The highest BCUT2D eigenvalue weighted by atomic mass is 19.1. The van der Waals surface area contributed by atoms with Gasteiger partial charge in [0.25, 0.3) is 5.91 Å². The van der Waals surface area contributed by atoms with Crippen LogP contribution in [-0.4, -0.2) is 65.4 Å². The smallest absolute Gasteiger partial charge is 0.253 e. The third-order valence-electron chi connectivity index (χ3n) is 5.52. The zero-order chi connectivity index (χ0) is 20.2. The first-order valence-electron chi connectivity index (χ1n) is 10.00. The minimum absolute atomic E-state index is 0.267. The van der Waals surface area contributed by atoms with Crippen LogP contribution in [-0.2, 0) is 0 Å². The van der Waals surface area contributed by atoms with Crippen LogP contribution in [0.15, 0.2) is 48.8 Å². The number of piperazine rings is 1. The molecule has 0 unspecified atom stereocenters. The van der Waals surface area contributed by atoms with E-state index in [1.165, 1.54) is 24.0 Å². The molecule has 2 heterocycles. The van der Waals surface area contributed by atoms with Gasteiger partial charge in [0.1, 0.15) is 11.3 Å². The molecule has 1 saturated heterocycles. The second-order valence-electron chi connectivity index (χ2n) is 7.59. The van der Waals surface area contributed by atoms with Crippen LogP contribution in [0.25, 0.3) is 11.0 Å². The lowest BCUT2D eigenvalue weighted by Gasteiger charge is -2.40. The van der Waals surface area contributed by atoms with Gasteiger partial charge in [-0.25, -0.2) is 9.37 Å². The van der Waals surface area contributed by atoms with Gasteiger partial charge in [-0.15, -0.1) is 0 Å². The predicted molar refractivity (Wildman–Crippen MR) is 111 cm³/mol. The van der Waals surface area contributed by atoms with E-state index in [9.17, 15) is 9.18 Å². The van der Waals surface area contributed by atoms with E-state index in [0.717, 1.165) is 32.6 Å². The monoisotopic (exact) mass is 395 g/mol. The first kappa shape index (κ1) is 19.5. The van der Waals surface area contributed by atoms with Crippen molar-refractivity contribution in [3.05, 3.63) is 65.7 Å². The number of imidazole rings is 1. The molecule has 1 fully saturated rings. The standard InChI is InChI=1S/C22H26FN5O/c1-27-10-11-28(20(14-27)16-6-3-2-4-7-16)9-5-8-24-22(29)18-12-17(23)13-19-21(18)26-15-25-19/h2-4,6-7,12-13,15,20H,5,8-11,14H2,1H3,(H,24,29)(H,25,26)/t20-/m1/s1. The molecule has 152 valence electrons. The molecule has 0 radical (unpaired) electrons. The van der Waals surface area contributed by atoms with E-state index in [4.69, 9.17) is 0 Å². The lowest BCUT2D eigenvalue weighted by Crippen LogP contribution is -2.47. The summed E-state index contributed by atoms with van der Waals surface area (Å²) in [6, 6.07) is 13.5. The van der Waals surface area contributed by atoms with Gasteiger partial charge in [-0.05, 0) is 31.2 Å². The number of hydrogen-bond donors (Lipinski definition) is 2. The van der Waals surface area contributed by atoms with Gasteiger partial charge in [0.05, 0.1) is 17.4 Å². The number of aromatic nitrogens is 2. The molecule has 0 aliphatic carbocycles. The van der Waals surface area contributed by atoms with Gasteiger partial charge >= 0.3 is 0 Å². The molecule has 1 aliphatic heterocycles. The molecule has 1 amide bonds. The average Bonchev–Trinajstić information content (AvgIpc) is 3.20. The molecule has 3 aromatic rings. The first-order valence-corrected chi connectivity index (χ1v) is 10.00. The maximum absolute atomic E-state index is 13.8. The van der Waals surface area contributed by atoms with E-state index in [1.54, 1.807) is 0 Å². The summed E-state index contributed by atoms with van der Waals surface area (Å²) in [6.45, 7) is 4.47. The second-order valence-corrected chi connectivity index (χ2v) is 7.59. The Morgan fingerprint density at radius 2 is 2.10 bits per heavy atom. The molecular weight excluding hydrogens is 369 g/mol. The highest BCUT2D eigenvalue weighted by Crippen LogP contribution is 2.24. The minimum atomic E-state index is -0.449. The van der Waals surface area contributed by atoms with E-state index in [2.05, 4.69) is 56.4 Å². The van der Waals surface area contributed by atoms with E-state index >= 15 is 0 Å². The average molecular weight is 395 g/mol. The van der Waals surface area contributed by atoms with E-state index in [-0.39, 0.29) is 11.5 Å². The van der Waals surface area contributed by atoms with Gasteiger partial charge < -0.3 is 15.2 Å². The summed E-state index contributed by atoms with van der Waals surface area (Å²) in [5.74, 6) is -0.741. The fourth-order valence-electron chi connectivity index (χ4n) is 3.98. The first-order chi connectivity index (χ1) is 14.1. The molecule has 6 nitrogen and oxygen atoms in total. The van der Waals surface area contributed by atoms with Crippen molar-refractivity contribution in [2.24, 2.45) is 0 Å². The molecule has 2 N–H and O–H groups in total. The number of fused-ring (bicyclic) bond motifs is 1. The number of likely N-dealkylation sites (N-methyl/N-ethyl adjacent to an activating group) is 1. The molecule has 0 spiro atoms. The van der Waals surface area contributed by atoms with Gasteiger partial charge in [-0.2, -0.15) is 0 Å². The van der Waals surface area contributed by atoms with Gasteiger partial charge in [0, 0.05) is 38.8 Å². The fourth-order valence-corrected chi connectivity index (χ4v) is 3.98. The third kappa shape index (κ3) is 4.46. The number of H-pyrrole nitrogens is 1. The Bertz CT molecular complexity index is 974. The Labute approximate surface area is 169 Å². The summed E-state index contributed by atoms with van der Waals surface area (Å²) in [4.78, 5) is 24.4. The molecule has 0 saturated carbocycles. The van der Waals surface area contributed by atoms with E-state index < -0.39 is 5.82 Å². The van der Waals surface area contributed by atoms with Crippen molar-refractivity contribution in [2.75, 3.05) is 39.8 Å². The number of aromatic amines is 1. The number of carbonyl (C=O) groups excluding carboxylic acids is 1. The van der Waals surface area contributed by atoms with Crippen molar-refractivity contribution in [1.82, 2.24) is 25.1 Å². The fraction of sp³-hybridized carbons (Fsp3) is 0.364. The van der Waals surface area contributed by atoms with Crippen LogP contribution in [0.4, 0.5) is 4.39 Å². The number of rotatable bonds is 6. The Balaban J connectivity index is 1.34. The van der Waals surface area contributed by atoms with Crippen molar-refractivity contribution >= 4 is 16.9 Å². The van der Waals surface area contributed by atoms with Crippen molar-refractivity contribution in [3.63, 3.8) is 0 Å². The largest absolute Gasteiger partial charge is 0.352 e. The second kappa shape index (κ2) is 8.71. The number of nitrogens with zero attached hydrogens (tertiary/aromatic N) is 3. The maximum Gasteiger partial charge on any atom is 0.253 e. The van der Waals surface area contributed by atoms with Gasteiger partial charge in [0.15, 0.2) is 0 Å². The van der Waals surface area contributed by atoms with Crippen LogP contribution in [0.2, 0.25) is 0 Å². The Hall–Kier alpha value is -2.77. The summed E-state index contributed by atoms with van der Waals surface area (Å²) >= 11 is 0. The third-order valence-corrected chi connectivity index (χ3v) is 5.52. The van der Waals surface area contributed by atoms with Crippen LogP contribution in [0.1, 0.15) is 28.4 Å². The van der Waals surface area contributed by atoms with E-state index in [0.29, 0.717) is 23.6 Å². The van der Waals surface area contributed by atoms with Crippen LogP contribution in [0, 0.1) is 5.82 Å². The molecule has 2 aromatic carbocycles. The van der Waals surface area contributed by atoms with Crippen LogP contribution in [0.3, 0.4) is 0 Å². The summed E-state index contributed by atoms with van der Waals surface area (Å²) in [5, 5.41) is 2.91. The molecule has 0 bridgehead atoms. The maximum atomic E-state index is 13.8. The summed E-state index contributed by atoms with van der Waals surface area (Å²) in [5.41, 5.74) is 2.61. The number of hydrogen-bond acceptors (Lipinski definition) is 4. The highest BCUT2D eigenvalue weighted by Gasteiger charge is 2.26. The van der Waals surface area contributed by atoms with Crippen molar-refractivity contribution < 1.29 is 9.18 Å². The van der Waals surface area contributed by atoms with Crippen LogP contribution >= 0.6 is 0 Å². The minimum Gasteiger partial charge on any atom is -0.352 e. The molecule has 4 rings (SSSR count). The molecule has 1 aliphatic rings. The predicted octanol–water partition coefficient (Wildman–Crippen LogP) is 2.81. The summed E-state index contributed by atoms with van der Waals surface area (Å²) in [7, 11) is 2.16. The van der Waals surface area contributed by atoms with Gasteiger partial charge in [-0.3, -0.25) is 9.69 Å². The zero-order valence-corrected chi connectivity index (χ0v) is 16.6. The lowest BCUT2D eigenvalue weighted by atomic mass is 10.0. The Morgan fingerprint density at radius 3 is 2.93 bits per heavy atom. The number of halogens is 1. The molecular formula is C22H26FN5O. The van der Waals surface area contributed by atoms with Gasteiger partial charge in [-0.1, -0.05) is 30.3 Å². The molecule has 7 heteroatoms. The van der Waals surface area contributed by atoms with E-state index in [1.807, 2.05) is 6.07 Å². The van der Waals surface area contributed by atoms with Crippen molar-refractivity contribution in [2.45, 2.75) is 12.5 Å². The summed E-state index contributed by atoms with van der Waals surface area (Å²) in [6.07, 6.45) is 2.30. The number of benzene rings is 2. The summed E-state index contributed by atoms with van der Waals surface area (Å²) < 4.78 is 13.8. The Kier molecular flexibility index (Phi) is 5.87. The SMILES string of the molecule is CN1CCN(CCCNC(=O)c2cc(F)cc3[nH]cnc23)[C@@H](c2ccccc2)C1. The highest BCUT2D eigenvalue weighted by molar-refractivity contribution is 6.04. The van der Waals surface area contributed by atoms with Crippen LogP contribution < -0.4 is 5.32 Å². The van der Waals surface area contributed by atoms with Crippen molar-refractivity contribution in [1.29, 1.82) is 0 Å². The Morgan fingerprint density at radius 1 is 1.28 bits per heavy atom. The van der Waals surface area contributed by atoms with Crippen LogP contribution in [0.5, 0.6) is 0 Å². The number of carbonyl (C=O) groups is 1. The normalized spacial score (nSPS) is 18.2. The molecule has 1 atom stereocenters. The lowest BCUT2D eigenvalue weighted by molar-refractivity contribution is 0.0866. The van der Waals surface area contributed by atoms with Gasteiger partial charge in [0.2, 0.25) is 0 Å². The number of nitrogens with one attached hydrogen (secondary N) is 2. The quantitative estimate of drug-likeness (QED) is 0.630. The molecule has 29 heavy (non-hydrogen) atoms. The zero-order valence-electron chi connectivity index (χ0n) is 16.6. The molecule has 1 aromatic heterocycles. The number of amides is 1.